The third kappa shape index (κ3) is 2.82. The SMILES string of the molecule is NC1CCCC(c2nc(-c3ccc(Cl)c(Cl)c3)no2)C1. The molecule has 0 aliphatic heterocycles. The van der Waals surface area contributed by atoms with E-state index in [1.54, 1.807) is 12.1 Å². The summed E-state index contributed by atoms with van der Waals surface area (Å²) in [5.74, 6) is 1.47. The van der Waals surface area contributed by atoms with Crippen molar-refractivity contribution in [3.05, 3.63) is 34.1 Å². The highest BCUT2D eigenvalue weighted by atomic mass is 35.5. The molecule has 1 aliphatic carbocycles. The maximum atomic E-state index is 6.00. The molecule has 2 aromatic rings. The molecule has 3 rings (SSSR count). The minimum Gasteiger partial charge on any atom is -0.339 e. The van der Waals surface area contributed by atoms with E-state index in [2.05, 4.69) is 10.1 Å². The Morgan fingerprint density at radius 2 is 2.05 bits per heavy atom. The molecule has 0 radical (unpaired) electrons. The minimum absolute atomic E-state index is 0.231. The molecule has 106 valence electrons. The van der Waals surface area contributed by atoms with Gasteiger partial charge in [-0.25, -0.2) is 0 Å². The number of nitrogens with two attached hydrogens (primary N) is 1. The number of hydrogen-bond acceptors (Lipinski definition) is 4. The lowest BCUT2D eigenvalue weighted by atomic mass is 9.86. The van der Waals surface area contributed by atoms with Crippen LogP contribution in [0.1, 0.15) is 37.5 Å². The summed E-state index contributed by atoms with van der Waals surface area (Å²) in [5.41, 5.74) is 6.80. The van der Waals surface area contributed by atoms with E-state index in [1.165, 1.54) is 0 Å². The molecule has 1 fully saturated rings. The second-order valence-corrected chi connectivity index (χ2v) is 6.02. The highest BCUT2D eigenvalue weighted by Gasteiger charge is 2.25. The molecule has 1 aliphatic rings. The second-order valence-electron chi connectivity index (χ2n) is 5.21. The van der Waals surface area contributed by atoms with E-state index in [9.17, 15) is 0 Å². The first-order valence-electron chi connectivity index (χ1n) is 6.68. The summed E-state index contributed by atoms with van der Waals surface area (Å²) >= 11 is 11.9. The molecular formula is C14H15Cl2N3O. The summed E-state index contributed by atoms with van der Waals surface area (Å²) in [7, 11) is 0. The average Bonchev–Trinajstić information content (AvgIpc) is 2.92. The van der Waals surface area contributed by atoms with Crippen molar-refractivity contribution in [2.75, 3.05) is 0 Å². The third-order valence-corrected chi connectivity index (χ3v) is 4.42. The molecule has 0 saturated heterocycles. The molecule has 1 aromatic carbocycles. The van der Waals surface area contributed by atoms with Crippen LogP contribution >= 0.6 is 23.2 Å². The van der Waals surface area contributed by atoms with Gasteiger partial charge in [0, 0.05) is 17.5 Å². The summed E-state index contributed by atoms with van der Waals surface area (Å²) in [6.45, 7) is 0. The molecule has 2 atom stereocenters. The predicted molar refractivity (Wildman–Crippen MR) is 78.9 cm³/mol. The summed E-state index contributed by atoms with van der Waals surface area (Å²) in [5, 5.41) is 5.02. The van der Waals surface area contributed by atoms with Crippen LogP contribution in [0.25, 0.3) is 11.4 Å². The minimum atomic E-state index is 0.231. The van der Waals surface area contributed by atoms with Crippen LogP contribution < -0.4 is 5.73 Å². The molecule has 20 heavy (non-hydrogen) atoms. The molecule has 0 bridgehead atoms. The molecule has 1 heterocycles. The molecule has 2 N–H and O–H groups in total. The van der Waals surface area contributed by atoms with E-state index >= 15 is 0 Å². The Balaban J connectivity index is 1.84. The first kappa shape index (κ1) is 13.9. The van der Waals surface area contributed by atoms with Gasteiger partial charge in [-0.3, -0.25) is 0 Å². The highest BCUT2D eigenvalue weighted by Crippen LogP contribution is 2.33. The number of rotatable bonds is 2. The number of benzene rings is 1. The van der Waals surface area contributed by atoms with Gasteiger partial charge in [-0.1, -0.05) is 34.8 Å². The quantitative estimate of drug-likeness (QED) is 0.909. The van der Waals surface area contributed by atoms with Crippen molar-refractivity contribution in [3.63, 3.8) is 0 Å². The topological polar surface area (TPSA) is 64.9 Å². The fourth-order valence-corrected chi connectivity index (χ4v) is 2.90. The Bertz CT molecular complexity index is 614. The van der Waals surface area contributed by atoms with Crippen LogP contribution in [-0.2, 0) is 0 Å². The van der Waals surface area contributed by atoms with Gasteiger partial charge in [-0.05, 0) is 37.5 Å². The maximum absolute atomic E-state index is 6.00. The monoisotopic (exact) mass is 311 g/mol. The van der Waals surface area contributed by atoms with Crippen molar-refractivity contribution in [1.29, 1.82) is 0 Å². The second kappa shape index (κ2) is 5.72. The summed E-state index contributed by atoms with van der Waals surface area (Å²) in [4.78, 5) is 4.47. The summed E-state index contributed by atoms with van der Waals surface area (Å²) in [6, 6.07) is 5.53. The third-order valence-electron chi connectivity index (χ3n) is 3.68. The standard InChI is InChI=1S/C14H15Cl2N3O/c15-11-5-4-8(7-12(11)16)13-18-14(20-19-13)9-2-1-3-10(17)6-9/h4-5,7,9-10H,1-3,6,17H2. The van der Waals surface area contributed by atoms with Crippen molar-refractivity contribution >= 4 is 23.2 Å². The number of nitrogens with zero attached hydrogens (tertiary/aromatic N) is 2. The number of hydrogen-bond donors (Lipinski definition) is 1. The normalized spacial score (nSPS) is 22.9. The van der Waals surface area contributed by atoms with Gasteiger partial charge in [0.15, 0.2) is 0 Å². The largest absolute Gasteiger partial charge is 0.339 e. The van der Waals surface area contributed by atoms with Crippen molar-refractivity contribution < 1.29 is 4.52 Å². The molecule has 1 aromatic heterocycles. The van der Waals surface area contributed by atoms with Crippen molar-refractivity contribution in [3.8, 4) is 11.4 Å². The first-order chi connectivity index (χ1) is 9.63. The maximum Gasteiger partial charge on any atom is 0.230 e. The van der Waals surface area contributed by atoms with Gasteiger partial charge in [-0.15, -0.1) is 0 Å². The van der Waals surface area contributed by atoms with Gasteiger partial charge in [0.05, 0.1) is 10.0 Å². The Labute approximate surface area is 127 Å². The number of halogens is 2. The zero-order valence-corrected chi connectivity index (χ0v) is 12.4. The molecule has 6 heteroatoms. The molecule has 4 nitrogen and oxygen atoms in total. The zero-order valence-electron chi connectivity index (χ0n) is 10.9. The van der Waals surface area contributed by atoms with Crippen LogP contribution in [0.5, 0.6) is 0 Å². The van der Waals surface area contributed by atoms with E-state index in [0.29, 0.717) is 21.8 Å². The molecule has 1 saturated carbocycles. The Hall–Kier alpha value is -1.10. The van der Waals surface area contributed by atoms with E-state index in [4.69, 9.17) is 33.5 Å². The van der Waals surface area contributed by atoms with E-state index in [0.717, 1.165) is 31.2 Å². The van der Waals surface area contributed by atoms with Gasteiger partial charge in [0.1, 0.15) is 0 Å². The van der Waals surface area contributed by atoms with E-state index in [1.807, 2.05) is 6.07 Å². The number of aromatic nitrogens is 2. The molecule has 2 unspecified atom stereocenters. The molecular weight excluding hydrogens is 297 g/mol. The van der Waals surface area contributed by atoms with Gasteiger partial charge in [-0.2, -0.15) is 4.98 Å². The first-order valence-corrected chi connectivity index (χ1v) is 7.43. The van der Waals surface area contributed by atoms with E-state index in [-0.39, 0.29) is 12.0 Å². The van der Waals surface area contributed by atoms with Gasteiger partial charge in [0.2, 0.25) is 11.7 Å². The van der Waals surface area contributed by atoms with Crippen molar-refractivity contribution in [2.24, 2.45) is 5.73 Å². The van der Waals surface area contributed by atoms with Crippen LogP contribution in [0.3, 0.4) is 0 Å². The summed E-state index contributed by atoms with van der Waals surface area (Å²) in [6.07, 6.45) is 4.14. The highest BCUT2D eigenvalue weighted by molar-refractivity contribution is 6.42. The fraction of sp³-hybridized carbons (Fsp3) is 0.429. The van der Waals surface area contributed by atoms with Gasteiger partial charge in [0.25, 0.3) is 0 Å². The smallest absolute Gasteiger partial charge is 0.230 e. The lowest BCUT2D eigenvalue weighted by Gasteiger charge is -2.23. The summed E-state index contributed by atoms with van der Waals surface area (Å²) < 4.78 is 5.38. The van der Waals surface area contributed by atoms with Gasteiger partial charge >= 0.3 is 0 Å². The van der Waals surface area contributed by atoms with Crippen LogP contribution in [0.15, 0.2) is 22.7 Å². The van der Waals surface area contributed by atoms with Crippen LogP contribution in [-0.4, -0.2) is 16.2 Å². The van der Waals surface area contributed by atoms with Crippen LogP contribution in [0, 0.1) is 0 Å². The Morgan fingerprint density at radius 3 is 2.80 bits per heavy atom. The lowest BCUT2D eigenvalue weighted by molar-refractivity contribution is 0.299. The Kier molecular flexibility index (Phi) is 3.96. The Morgan fingerprint density at radius 1 is 1.20 bits per heavy atom. The van der Waals surface area contributed by atoms with E-state index < -0.39 is 0 Å². The van der Waals surface area contributed by atoms with Crippen molar-refractivity contribution in [1.82, 2.24) is 10.1 Å². The molecule has 0 spiro atoms. The molecule has 0 amide bonds. The lowest BCUT2D eigenvalue weighted by Crippen LogP contribution is -2.26. The van der Waals surface area contributed by atoms with Gasteiger partial charge < -0.3 is 10.3 Å². The average molecular weight is 312 g/mol. The van der Waals surface area contributed by atoms with Crippen LogP contribution in [0.4, 0.5) is 0 Å². The van der Waals surface area contributed by atoms with Crippen molar-refractivity contribution in [2.45, 2.75) is 37.6 Å². The predicted octanol–water partition coefficient (Wildman–Crippen LogP) is 4.03. The van der Waals surface area contributed by atoms with Crippen LogP contribution in [0.2, 0.25) is 10.0 Å². The zero-order chi connectivity index (χ0) is 14.1. The fourth-order valence-electron chi connectivity index (χ4n) is 2.61.